The molecule has 1 saturated carbocycles. The van der Waals surface area contributed by atoms with Gasteiger partial charge in [0, 0.05) is 26.9 Å². The summed E-state index contributed by atoms with van der Waals surface area (Å²) in [5.74, 6) is 0. The zero-order valence-electron chi connectivity index (χ0n) is 12.4. The van der Waals surface area contributed by atoms with Crippen molar-refractivity contribution >= 4 is 27.7 Å². The van der Waals surface area contributed by atoms with Crippen molar-refractivity contribution in [3.8, 4) is 0 Å². The smallest absolute Gasteiger partial charge is 0.0318 e. The van der Waals surface area contributed by atoms with Gasteiger partial charge < -0.3 is 5.32 Å². The molecule has 0 radical (unpaired) electrons. The lowest BCUT2D eigenvalue weighted by molar-refractivity contribution is 0.687. The third-order valence-electron chi connectivity index (χ3n) is 3.87. The molecule has 3 heteroatoms. The highest BCUT2D eigenvalue weighted by atomic mass is 79.9. The summed E-state index contributed by atoms with van der Waals surface area (Å²) in [7, 11) is 0. The monoisotopic (exact) mass is 361 g/mol. The van der Waals surface area contributed by atoms with Gasteiger partial charge in [0.05, 0.1) is 0 Å². The van der Waals surface area contributed by atoms with Gasteiger partial charge >= 0.3 is 0 Å². The number of benzene rings is 2. The Labute approximate surface area is 139 Å². The molecule has 0 atom stereocenters. The molecule has 2 aromatic carbocycles. The van der Waals surface area contributed by atoms with Gasteiger partial charge in [-0.25, -0.2) is 0 Å². The Hall–Kier alpha value is -0.770. The molecule has 0 unspecified atom stereocenters. The van der Waals surface area contributed by atoms with Gasteiger partial charge in [-0.15, -0.1) is 0 Å². The van der Waals surface area contributed by atoms with Gasteiger partial charge in [-0.1, -0.05) is 23.9 Å². The van der Waals surface area contributed by atoms with Crippen molar-refractivity contribution in [3.63, 3.8) is 0 Å². The van der Waals surface area contributed by atoms with Crippen molar-refractivity contribution in [1.82, 2.24) is 5.32 Å². The number of hydrogen-bond donors (Lipinski definition) is 1. The van der Waals surface area contributed by atoms with Crippen molar-refractivity contribution < 1.29 is 0 Å². The summed E-state index contributed by atoms with van der Waals surface area (Å²) in [4.78, 5) is 2.57. The molecule has 0 bridgehead atoms. The molecule has 1 aliphatic carbocycles. The van der Waals surface area contributed by atoms with Crippen LogP contribution in [-0.2, 0) is 6.54 Å². The minimum atomic E-state index is 0.758. The zero-order valence-corrected chi connectivity index (χ0v) is 14.9. The molecule has 0 saturated heterocycles. The maximum Gasteiger partial charge on any atom is 0.0318 e. The Morgan fingerprint density at radius 1 is 1.10 bits per heavy atom. The lowest BCUT2D eigenvalue weighted by Crippen LogP contribution is -2.15. The number of halogens is 1. The first-order valence-corrected chi connectivity index (χ1v) is 9.00. The van der Waals surface area contributed by atoms with Crippen molar-refractivity contribution in [2.45, 2.75) is 49.1 Å². The second-order valence-electron chi connectivity index (χ2n) is 5.77. The fourth-order valence-corrected chi connectivity index (χ4v) is 3.78. The lowest BCUT2D eigenvalue weighted by Gasteiger charge is -2.09. The van der Waals surface area contributed by atoms with Crippen molar-refractivity contribution in [2.24, 2.45) is 0 Å². The highest BCUT2D eigenvalue weighted by Crippen LogP contribution is 2.35. The fourth-order valence-electron chi connectivity index (χ4n) is 2.19. The maximum absolute atomic E-state index is 3.71. The van der Waals surface area contributed by atoms with Crippen LogP contribution in [0.1, 0.15) is 29.5 Å². The summed E-state index contributed by atoms with van der Waals surface area (Å²) in [5.41, 5.74) is 4.04. The zero-order chi connectivity index (χ0) is 14.8. The van der Waals surface area contributed by atoms with E-state index in [9.17, 15) is 0 Å². The molecule has 110 valence electrons. The SMILES string of the molecule is Cc1ccc(Sc2ccc(CNC3CC3)cc2Br)cc1C. The van der Waals surface area contributed by atoms with E-state index >= 15 is 0 Å². The predicted molar refractivity (Wildman–Crippen MR) is 94.0 cm³/mol. The molecule has 21 heavy (non-hydrogen) atoms. The number of hydrogen-bond acceptors (Lipinski definition) is 2. The molecule has 2 aromatic rings. The summed E-state index contributed by atoms with van der Waals surface area (Å²) in [6.07, 6.45) is 2.67. The molecule has 1 fully saturated rings. The van der Waals surface area contributed by atoms with Crippen LogP contribution in [0.5, 0.6) is 0 Å². The van der Waals surface area contributed by atoms with Gasteiger partial charge in [-0.2, -0.15) is 0 Å². The Morgan fingerprint density at radius 3 is 2.57 bits per heavy atom. The number of rotatable bonds is 5. The van der Waals surface area contributed by atoms with E-state index in [1.165, 1.54) is 43.8 Å². The van der Waals surface area contributed by atoms with Gasteiger partial charge in [0.2, 0.25) is 0 Å². The van der Waals surface area contributed by atoms with Crippen LogP contribution < -0.4 is 5.32 Å². The molecule has 1 aliphatic rings. The summed E-state index contributed by atoms with van der Waals surface area (Å²) < 4.78 is 1.18. The van der Waals surface area contributed by atoms with Crippen LogP contribution in [0.2, 0.25) is 0 Å². The van der Waals surface area contributed by atoms with Gasteiger partial charge in [0.25, 0.3) is 0 Å². The molecule has 1 N–H and O–H groups in total. The lowest BCUT2D eigenvalue weighted by atomic mass is 10.1. The summed E-state index contributed by atoms with van der Waals surface area (Å²) >= 11 is 5.53. The fraction of sp³-hybridized carbons (Fsp3) is 0.333. The van der Waals surface area contributed by atoms with E-state index in [1.807, 2.05) is 11.8 Å². The third-order valence-corrected chi connectivity index (χ3v) is 5.86. The third kappa shape index (κ3) is 4.12. The van der Waals surface area contributed by atoms with Gasteiger partial charge in [0.1, 0.15) is 0 Å². The molecule has 1 nitrogen and oxygen atoms in total. The van der Waals surface area contributed by atoms with Crippen LogP contribution in [0.25, 0.3) is 0 Å². The normalized spacial score (nSPS) is 14.4. The molecule has 0 spiro atoms. The van der Waals surface area contributed by atoms with Crippen molar-refractivity contribution in [1.29, 1.82) is 0 Å². The van der Waals surface area contributed by atoms with E-state index in [-0.39, 0.29) is 0 Å². The van der Waals surface area contributed by atoms with Crippen LogP contribution in [0.15, 0.2) is 50.7 Å². The molecule has 0 aliphatic heterocycles. The summed E-state index contributed by atoms with van der Waals surface area (Å²) in [6.45, 7) is 5.29. The topological polar surface area (TPSA) is 12.0 Å². The van der Waals surface area contributed by atoms with Crippen LogP contribution in [0.4, 0.5) is 0 Å². The van der Waals surface area contributed by atoms with E-state index < -0.39 is 0 Å². The number of aryl methyl sites for hydroxylation is 2. The average molecular weight is 362 g/mol. The quantitative estimate of drug-likeness (QED) is 0.757. The molecular formula is C18H20BrNS. The van der Waals surface area contributed by atoms with E-state index in [4.69, 9.17) is 0 Å². The Balaban J connectivity index is 1.70. The highest BCUT2D eigenvalue weighted by Gasteiger charge is 2.19. The van der Waals surface area contributed by atoms with Crippen molar-refractivity contribution in [2.75, 3.05) is 0 Å². The van der Waals surface area contributed by atoms with E-state index in [2.05, 4.69) is 71.5 Å². The minimum Gasteiger partial charge on any atom is -0.310 e. The minimum absolute atomic E-state index is 0.758. The second-order valence-corrected chi connectivity index (χ2v) is 7.74. The molecule has 0 amide bonds. The molecule has 0 heterocycles. The van der Waals surface area contributed by atoms with E-state index in [1.54, 1.807) is 0 Å². The van der Waals surface area contributed by atoms with Crippen LogP contribution in [0, 0.1) is 13.8 Å². The van der Waals surface area contributed by atoms with Crippen LogP contribution in [0.3, 0.4) is 0 Å². The molecule has 3 rings (SSSR count). The van der Waals surface area contributed by atoms with Gasteiger partial charge in [-0.3, -0.25) is 0 Å². The Bertz CT molecular complexity index is 650. The van der Waals surface area contributed by atoms with Gasteiger partial charge in [0.15, 0.2) is 0 Å². The highest BCUT2D eigenvalue weighted by molar-refractivity contribution is 9.10. The Kier molecular flexibility index (Phi) is 4.72. The molecule has 0 aromatic heterocycles. The summed E-state index contributed by atoms with van der Waals surface area (Å²) in [6, 6.07) is 14.1. The van der Waals surface area contributed by atoms with Crippen LogP contribution in [-0.4, -0.2) is 6.04 Å². The van der Waals surface area contributed by atoms with Crippen LogP contribution >= 0.6 is 27.7 Å². The summed E-state index contributed by atoms with van der Waals surface area (Å²) in [5, 5.41) is 3.56. The van der Waals surface area contributed by atoms with E-state index in [0.29, 0.717) is 0 Å². The van der Waals surface area contributed by atoms with Gasteiger partial charge in [-0.05, 0) is 83.6 Å². The first kappa shape index (κ1) is 15.1. The first-order chi connectivity index (χ1) is 10.1. The Morgan fingerprint density at radius 2 is 1.90 bits per heavy atom. The van der Waals surface area contributed by atoms with Crippen molar-refractivity contribution in [3.05, 3.63) is 57.6 Å². The largest absolute Gasteiger partial charge is 0.310 e. The first-order valence-electron chi connectivity index (χ1n) is 7.39. The number of nitrogens with one attached hydrogen (secondary N) is 1. The van der Waals surface area contributed by atoms with E-state index in [0.717, 1.165) is 12.6 Å². The molecular weight excluding hydrogens is 342 g/mol. The predicted octanol–water partition coefficient (Wildman–Crippen LogP) is 5.47. The second kappa shape index (κ2) is 6.55. The standard InChI is InChI=1S/C18H20BrNS/c1-12-3-7-16(9-13(12)2)21-18-8-4-14(10-17(18)19)11-20-15-5-6-15/h3-4,7-10,15,20H,5-6,11H2,1-2H3. The average Bonchev–Trinajstić information content (AvgIpc) is 3.27. The maximum atomic E-state index is 3.71.